The van der Waals surface area contributed by atoms with Crippen molar-refractivity contribution in [3.63, 3.8) is 0 Å². The van der Waals surface area contributed by atoms with Crippen LogP contribution in [-0.2, 0) is 6.54 Å². The summed E-state index contributed by atoms with van der Waals surface area (Å²) >= 11 is 3.12. The molecule has 1 aromatic carbocycles. The van der Waals surface area contributed by atoms with E-state index in [1.807, 2.05) is 24.3 Å². The van der Waals surface area contributed by atoms with E-state index < -0.39 is 4.92 Å². The lowest BCUT2D eigenvalue weighted by Gasteiger charge is -2.28. The molecule has 31 heavy (non-hydrogen) atoms. The van der Waals surface area contributed by atoms with Gasteiger partial charge in [0.2, 0.25) is 0 Å². The Labute approximate surface area is 187 Å². The van der Waals surface area contributed by atoms with Crippen molar-refractivity contribution < 1.29 is 14.1 Å². The summed E-state index contributed by atoms with van der Waals surface area (Å²) in [6.07, 6.45) is 8.32. The maximum Gasteiger partial charge on any atom is 0.404 e. The van der Waals surface area contributed by atoms with Gasteiger partial charge in [0, 0.05) is 24.3 Å². The van der Waals surface area contributed by atoms with Crippen LogP contribution in [0.15, 0.2) is 57.6 Å². The van der Waals surface area contributed by atoms with E-state index in [0.29, 0.717) is 21.6 Å². The van der Waals surface area contributed by atoms with Crippen LogP contribution in [0.1, 0.15) is 41.1 Å². The average Bonchev–Trinajstić information content (AvgIpc) is 3.39. The summed E-state index contributed by atoms with van der Waals surface area (Å²) in [5.74, 6) is 0.746. The van der Waals surface area contributed by atoms with E-state index in [2.05, 4.69) is 25.9 Å². The monoisotopic (exact) mass is 484 g/mol. The van der Waals surface area contributed by atoms with Crippen molar-refractivity contribution in [1.29, 1.82) is 0 Å². The molecule has 0 bridgehead atoms. The smallest absolute Gasteiger partial charge is 0.404 e. The summed E-state index contributed by atoms with van der Waals surface area (Å²) in [6.45, 7) is 2.37. The molecule has 1 saturated heterocycles. The molecular formula is C22H21BrN4O4. The predicted octanol–water partition coefficient (Wildman–Crippen LogP) is 5.08. The van der Waals surface area contributed by atoms with Gasteiger partial charge in [0.25, 0.3) is 0 Å². The van der Waals surface area contributed by atoms with Gasteiger partial charge >= 0.3 is 5.82 Å². The normalized spacial score (nSPS) is 14.3. The van der Waals surface area contributed by atoms with E-state index in [1.165, 1.54) is 36.2 Å². The molecule has 0 spiro atoms. The van der Waals surface area contributed by atoms with Crippen molar-refractivity contribution in [1.82, 2.24) is 9.78 Å². The number of ketones is 1. The average molecular weight is 485 g/mol. The van der Waals surface area contributed by atoms with Gasteiger partial charge in [0.05, 0.1) is 11.3 Å². The van der Waals surface area contributed by atoms with Crippen LogP contribution >= 0.6 is 15.9 Å². The Bertz CT molecular complexity index is 1110. The molecule has 3 heterocycles. The van der Waals surface area contributed by atoms with Crippen molar-refractivity contribution in [2.75, 3.05) is 18.0 Å². The van der Waals surface area contributed by atoms with Gasteiger partial charge in [0.15, 0.2) is 5.78 Å². The maximum absolute atomic E-state index is 12.5. The molecule has 0 unspecified atom stereocenters. The van der Waals surface area contributed by atoms with Gasteiger partial charge in [-0.2, -0.15) is 4.68 Å². The maximum atomic E-state index is 12.5. The quantitative estimate of drug-likeness (QED) is 0.201. The van der Waals surface area contributed by atoms with Gasteiger partial charge in [-0.25, -0.2) is 0 Å². The van der Waals surface area contributed by atoms with E-state index in [9.17, 15) is 14.9 Å². The molecule has 9 heteroatoms. The number of benzene rings is 1. The summed E-state index contributed by atoms with van der Waals surface area (Å²) in [4.78, 5) is 25.2. The van der Waals surface area contributed by atoms with Crippen LogP contribution in [0.25, 0.3) is 6.08 Å². The number of halogens is 1. The Kier molecular flexibility index (Phi) is 6.31. The zero-order valence-corrected chi connectivity index (χ0v) is 18.3. The number of carbonyl (C=O) groups excluding carboxylic acids is 1. The van der Waals surface area contributed by atoms with E-state index >= 15 is 0 Å². The van der Waals surface area contributed by atoms with Gasteiger partial charge < -0.3 is 19.4 Å². The number of hydrogen-bond acceptors (Lipinski definition) is 6. The highest BCUT2D eigenvalue weighted by Gasteiger charge is 2.19. The first-order chi connectivity index (χ1) is 15.0. The Balaban J connectivity index is 1.37. The van der Waals surface area contributed by atoms with Gasteiger partial charge in [-0.05, 0) is 88.7 Å². The van der Waals surface area contributed by atoms with Crippen LogP contribution < -0.4 is 4.90 Å². The SMILES string of the molecule is O=C(/C=C/c1ccc(Cn2cc(Br)c([N+](=O)[O-])n2)o1)c1ccc(N2CCCCC2)cc1. The predicted molar refractivity (Wildman–Crippen MR) is 120 cm³/mol. The highest BCUT2D eigenvalue weighted by atomic mass is 79.9. The lowest BCUT2D eigenvalue weighted by Crippen LogP contribution is -2.29. The molecule has 2 aromatic heterocycles. The zero-order chi connectivity index (χ0) is 21.8. The van der Waals surface area contributed by atoms with Crippen LogP contribution in [0.5, 0.6) is 0 Å². The minimum Gasteiger partial charge on any atom is -0.460 e. The topological polar surface area (TPSA) is 94.4 Å². The van der Waals surface area contributed by atoms with Gasteiger partial charge in [-0.15, -0.1) is 0 Å². The number of carbonyl (C=O) groups is 1. The third kappa shape index (κ3) is 5.11. The largest absolute Gasteiger partial charge is 0.460 e. The molecule has 3 aromatic rings. The van der Waals surface area contributed by atoms with Gasteiger partial charge in [-0.1, -0.05) is 0 Å². The van der Waals surface area contributed by atoms with Crippen molar-refractivity contribution in [3.8, 4) is 0 Å². The molecule has 4 rings (SSSR count). The van der Waals surface area contributed by atoms with Crippen molar-refractivity contribution in [2.45, 2.75) is 25.8 Å². The van der Waals surface area contributed by atoms with Crippen LogP contribution in [0.2, 0.25) is 0 Å². The lowest BCUT2D eigenvalue weighted by molar-refractivity contribution is -0.390. The second kappa shape index (κ2) is 9.30. The number of piperidine rings is 1. The van der Waals surface area contributed by atoms with Crippen LogP contribution in [0.3, 0.4) is 0 Å². The van der Waals surface area contributed by atoms with Crippen molar-refractivity contribution in [3.05, 3.63) is 80.3 Å². The molecule has 1 aliphatic heterocycles. The Morgan fingerprint density at radius 3 is 2.58 bits per heavy atom. The molecule has 1 aliphatic rings. The van der Waals surface area contributed by atoms with Crippen molar-refractivity contribution in [2.24, 2.45) is 0 Å². The number of aromatic nitrogens is 2. The standard InChI is InChI=1S/C22H21BrN4O4/c23-20-15-26(24-22(20)27(29)30)14-19-9-8-18(31-19)10-11-21(28)16-4-6-17(7-5-16)25-12-2-1-3-13-25/h4-11,15H,1-3,12-14H2/b11-10+. The molecular weight excluding hydrogens is 464 g/mol. The summed E-state index contributed by atoms with van der Waals surface area (Å²) in [5.41, 5.74) is 1.78. The first kappa shape index (κ1) is 21.0. The fourth-order valence-electron chi connectivity index (χ4n) is 3.56. The van der Waals surface area contributed by atoms with E-state index in [-0.39, 0.29) is 18.1 Å². The van der Waals surface area contributed by atoms with Crippen LogP contribution in [0, 0.1) is 10.1 Å². The molecule has 8 nitrogen and oxygen atoms in total. The highest BCUT2D eigenvalue weighted by molar-refractivity contribution is 9.10. The lowest BCUT2D eigenvalue weighted by atomic mass is 10.1. The fraction of sp³-hybridized carbons (Fsp3) is 0.273. The van der Waals surface area contributed by atoms with Gasteiger partial charge in [0.1, 0.15) is 22.5 Å². The second-order valence-corrected chi connectivity index (χ2v) is 8.21. The Morgan fingerprint density at radius 2 is 1.90 bits per heavy atom. The summed E-state index contributed by atoms with van der Waals surface area (Å²) in [6, 6.07) is 11.2. The van der Waals surface area contributed by atoms with Crippen LogP contribution in [-0.4, -0.2) is 33.6 Å². The van der Waals surface area contributed by atoms with E-state index in [0.717, 1.165) is 18.8 Å². The molecule has 0 amide bonds. The number of furan rings is 1. The highest BCUT2D eigenvalue weighted by Crippen LogP contribution is 2.23. The first-order valence-electron chi connectivity index (χ1n) is 10.0. The van der Waals surface area contributed by atoms with Gasteiger partial charge in [-0.3, -0.25) is 4.79 Å². The molecule has 0 saturated carbocycles. The third-order valence-corrected chi connectivity index (χ3v) is 5.70. The van der Waals surface area contributed by atoms with Crippen LogP contribution in [0.4, 0.5) is 11.5 Å². The summed E-state index contributed by atoms with van der Waals surface area (Å²) < 4.78 is 7.42. The second-order valence-electron chi connectivity index (χ2n) is 7.35. The van der Waals surface area contributed by atoms with E-state index in [1.54, 1.807) is 18.2 Å². The number of hydrogen-bond donors (Lipinski definition) is 0. The minimum atomic E-state index is -0.554. The number of nitro groups is 1. The number of allylic oxidation sites excluding steroid dienone is 1. The summed E-state index contributed by atoms with van der Waals surface area (Å²) in [5, 5.41) is 14.8. The molecule has 1 fully saturated rings. The first-order valence-corrected chi connectivity index (χ1v) is 10.8. The zero-order valence-electron chi connectivity index (χ0n) is 16.7. The minimum absolute atomic E-state index is 0.102. The molecule has 160 valence electrons. The number of rotatable bonds is 7. The number of nitrogens with zero attached hydrogens (tertiary/aromatic N) is 4. The molecule has 0 atom stereocenters. The Hall–Kier alpha value is -3.20. The molecule has 0 radical (unpaired) electrons. The fourth-order valence-corrected chi connectivity index (χ4v) is 4.02. The third-order valence-electron chi connectivity index (χ3n) is 5.14. The summed E-state index contributed by atoms with van der Waals surface area (Å²) in [7, 11) is 0. The molecule has 0 N–H and O–H groups in total. The van der Waals surface area contributed by atoms with E-state index in [4.69, 9.17) is 4.42 Å². The Morgan fingerprint density at radius 1 is 1.16 bits per heavy atom. The number of anilines is 1. The molecule has 0 aliphatic carbocycles. The van der Waals surface area contributed by atoms with Crippen molar-refractivity contribution >= 4 is 39.3 Å².